The Morgan fingerprint density at radius 1 is 0.933 bits per heavy atom. The highest BCUT2D eigenvalue weighted by molar-refractivity contribution is 7.20. The highest BCUT2D eigenvalue weighted by Gasteiger charge is 2.40. The average Bonchev–Trinajstić information content (AvgIpc) is 3.00. The fraction of sp³-hybridized carbons (Fsp3) is 0.182. The fourth-order valence-corrected chi connectivity index (χ4v) is 4.26. The van der Waals surface area contributed by atoms with E-state index in [-0.39, 0.29) is 10.6 Å². The van der Waals surface area contributed by atoms with Crippen LogP contribution in [0.1, 0.15) is 27.0 Å². The predicted molar refractivity (Wildman–Crippen MR) is 113 cm³/mol. The van der Waals surface area contributed by atoms with Crippen LogP contribution >= 0.6 is 11.3 Å². The molecule has 8 heteroatoms. The Balaban J connectivity index is 2.05. The van der Waals surface area contributed by atoms with Gasteiger partial charge in [0.2, 0.25) is 0 Å². The number of halogens is 3. The first-order valence-electron chi connectivity index (χ1n) is 9.03. The van der Waals surface area contributed by atoms with Crippen molar-refractivity contribution in [2.45, 2.75) is 26.9 Å². The van der Waals surface area contributed by atoms with Gasteiger partial charge in [-0.15, -0.1) is 11.3 Å². The zero-order valence-corrected chi connectivity index (χ0v) is 17.3. The van der Waals surface area contributed by atoms with Crippen molar-refractivity contribution in [2.75, 3.05) is 10.6 Å². The largest absolute Gasteiger partial charge is 0.471 e. The number of benzene rings is 2. The maximum absolute atomic E-state index is 13.0. The number of carbonyl (C=O) groups excluding carboxylic acids is 2. The van der Waals surface area contributed by atoms with Crippen LogP contribution in [-0.4, -0.2) is 18.0 Å². The van der Waals surface area contributed by atoms with Crippen molar-refractivity contribution in [1.29, 1.82) is 0 Å². The Hall–Kier alpha value is -3.13. The van der Waals surface area contributed by atoms with Crippen LogP contribution in [-0.2, 0) is 4.79 Å². The van der Waals surface area contributed by atoms with Crippen LogP contribution in [0.15, 0.2) is 48.5 Å². The molecule has 1 aromatic heterocycles. The third kappa shape index (κ3) is 4.54. The number of aryl methyl sites for hydroxylation is 2. The van der Waals surface area contributed by atoms with Gasteiger partial charge in [0.1, 0.15) is 5.00 Å². The second-order valence-corrected chi connectivity index (χ2v) is 7.87. The van der Waals surface area contributed by atoms with Gasteiger partial charge in [0.05, 0.1) is 5.56 Å². The van der Waals surface area contributed by atoms with Crippen LogP contribution in [0, 0.1) is 20.8 Å². The molecule has 3 rings (SSSR count). The molecule has 0 saturated carbocycles. The second-order valence-electron chi connectivity index (χ2n) is 6.85. The minimum atomic E-state index is -5.06. The van der Waals surface area contributed by atoms with Crippen LogP contribution in [0.25, 0.3) is 10.4 Å². The number of hydrogen-bond acceptors (Lipinski definition) is 3. The van der Waals surface area contributed by atoms with E-state index in [0.717, 1.165) is 28.0 Å². The predicted octanol–water partition coefficient (Wildman–Crippen LogP) is 6.09. The molecular formula is C22H19F3N2O2S. The Morgan fingerprint density at radius 3 is 2.20 bits per heavy atom. The van der Waals surface area contributed by atoms with Crippen LogP contribution in [0.2, 0.25) is 0 Å². The van der Waals surface area contributed by atoms with Crippen molar-refractivity contribution >= 4 is 33.8 Å². The van der Waals surface area contributed by atoms with Gasteiger partial charge in [-0.2, -0.15) is 13.2 Å². The molecule has 0 spiro atoms. The molecule has 30 heavy (non-hydrogen) atoms. The summed E-state index contributed by atoms with van der Waals surface area (Å²) in [6, 6.07) is 14.4. The van der Waals surface area contributed by atoms with Crippen molar-refractivity contribution < 1.29 is 22.8 Å². The average molecular weight is 432 g/mol. The summed E-state index contributed by atoms with van der Waals surface area (Å²) in [6.45, 7) is 5.39. The lowest BCUT2D eigenvalue weighted by Crippen LogP contribution is -2.30. The van der Waals surface area contributed by atoms with Crippen LogP contribution in [0.4, 0.5) is 23.9 Å². The summed E-state index contributed by atoms with van der Waals surface area (Å²) < 4.78 is 38.5. The number of hydrogen-bond donors (Lipinski definition) is 2. The monoisotopic (exact) mass is 432 g/mol. The molecule has 0 bridgehead atoms. The van der Waals surface area contributed by atoms with E-state index in [2.05, 4.69) is 5.32 Å². The molecule has 0 saturated heterocycles. The van der Waals surface area contributed by atoms with Gasteiger partial charge in [0, 0.05) is 10.6 Å². The van der Waals surface area contributed by atoms with E-state index in [4.69, 9.17) is 0 Å². The molecule has 0 radical (unpaired) electrons. The molecule has 3 aromatic rings. The molecule has 0 aliphatic heterocycles. The van der Waals surface area contributed by atoms with E-state index in [0.29, 0.717) is 16.1 Å². The Labute approximate surface area is 175 Å². The molecule has 0 atom stereocenters. The Kier molecular flexibility index (Phi) is 5.98. The molecule has 0 aliphatic rings. The van der Waals surface area contributed by atoms with Crippen molar-refractivity contribution in [3.05, 3.63) is 70.8 Å². The third-order valence-electron chi connectivity index (χ3n) is 4.52. The molecule has 1 heterocycles. The molecule has 4 nitrogen and oxygen atoms in total. The first-order chi connectivity index (χ1) is 14.1. The summed E-state index contributed by atoms with van der Waals surface area (Å²) in [5.41, 5.74) is 3.63. The minimum absolute atomic E-state index is 0.0106. The van der Waals surface area contributed by atoms with Gasteiger partial charge in [-0.3, -0.25) is 9.59 Å². The molecule has 0 aliphatic carbocycles. The molecular weight excluding hydrogens is 413 g/mol. The van der Waals surface area contributed by atoms with Crippen LogP contribution in [0.5, 0.6) is 0 Å². The molecule has 156 valence electrons. The number of anilines is 2. The number of rotatable bonds is 4. The van der Waals surface area contributed by atoms with E-state index in [1.54, 1.807) is 37.3 Å². The van der Waals surface area contributed by atoms with E-state index in [1.807, 2.05) is 37.4 Å². The topological polar surface area (TPSA) is 58.2 Å². The molecule has 2 N–H and O–H groups in total. The van der Waals surface area contributed by atoms with Crippen LogP contribution in [0.3, 0.4) is 0 Å². The van der Waals surface area contributed by atoms with E-state index < -0.39 is 18.0 Å². The van der Waals surface area contributed by atoms with Crippen molar-refractivity contribution in [2.24, 2.45) is 0 Å². The first-order valence-corrected chi connectivity index (χ1v) is 9.85. The van der Waals surface area contributed by atoms with E-state index in [9.17, 15) is 22.8 Å². The quantitative estimate of drug-likeness (QED) is 0.524. The molecule has 2 aromatic carbocycles. The molecule has 2 amide bonds. The van der Waals surface area contributed by atoms with Gasteiger partial charge in [-0.25, -0.2) is 0 Å². The Morgan fingerprint density at radius 2 is 1.60 bits per heavy atom. The number of amides is 2. The van der Waals surface area contributed by atoms with E-state index in [1.165, 1.54) is 0 Å². The molecule has 0 fully saturated rings. The number of nitrogens with one attached hydrogen (secondary N) is 2. The summed E-state index contributed by atoms with van der Waals surface area (Å²) in [6.07, 6.45) is -5.06. The van der Waals surface area contributed by atoms with Crippen molar-refractivity contribution in [1.82, 2.24) is 0 Å². The summed E-state index contributed by atoms with van der Waals surface area (Å²) in [7, 11) is 0. The maximum atomic E-state index is 13.0. The highest BCUT2D eigenvalue weighted by atomic mass is 32.1. The standard InChI is InChI=1S/C22H19F3N2O2S/c1-12-9-10-16(13(2)11-12)26-19(28)17-14(3)18(15-7-5-4-6-8-15)30-20(17)27-21(29)22(23,24)25/h4-11H,1-3H3,(H,26,28)(H,27,29). The SMILES string of the molecule is Cc1ccc(NC(=O)c2c(NC(=O)C(F)(F)F)sc(-c3ccccc3)c2C)c(C)c1. The summed E-state index contributed by atoms with van der Waals surface area (Å²) in [5.74, 6) is -2.71. The van der Waals surface area contributed by atoms with Gasteiger partial charge >= 0.3 is 12.1 Å². The normalized spacial score (nSPS) is 11.3. The zero-order valence-electron chi connectivity index (χ0n) is 16.5. The second kappa shape index (κ2) is 8.31. The number of alkyl halides is 3. The lowest BCUT2D eigenvalue weighted by atomic mass is 10.1. The van der Waals surface area contributed by atoms with E-state index >= 15 is 0 Å². The summed E-state index contributed by atoms with van der Waals surface area (Å²) in [5, 5.41) is 4.47. The van der Waals surface area contributed by atoms with Gasteiger partial charge in [-0.05, 0) is 43.5 Å². The highest BCUT2D eigenvalue weighted by Crippen LogP contribution is 2.41. The third-order valence-corrected chi connectivity index (χ3v) is 5.78. The number of carbonyl (C=O) groups is 2. The van der Waals surface area contributed by atoms with Gasteiger partial charge in [-0.1, -0.05) is 48.0 Å². The van der Waals surface area contributed by atoms with Crippen molar-refractivity contribution in [3.8, 4) is 10.4 Å². The summed E-state index contributed by atoms with van der Waals surface area (Å²) in [4.78, 5) is 25.2. The summed E-state index contributed by atoms with van der Waals surface area (Å²) >= 11 is 0.936. The maximum Gasteiger partial charge on any atom is 0.471 e. The van der Waals surface area contributed by atoms with Gasteiger partial charge < -0.3 is 10.6 Å². The minimum Gasteiger partial charge on any atom is -0.322 e. The lowest BCUT2D eigenvalue weighted by molar-refractivity contribution is -0.167. The number of thiophene rings is 1. The first kappa shape index (κ1) is 21.6. The van der Waals surface area contributed by atoms with Crippen molar-refractivity contribution in [3.63, 3.8) is 0 Å². The smallest absolute Gasteiger partial charge is 0.322 e. The van der Waals surface area contributed by atoms with Gasteiger partial charge in [0.15, 0.2) is 0 Å². The Bertz CT molecular complexity index is 1110. The molecule has 0 unspecified atom stereocenters. The lowest BCUT2D eigenvalue weighted by Gasteiger charge is -2.12. The van der Waals surface area contributed by atoms with Gasteiger partial charge in [0.25, 0.3) is 5.91 Å². The van der Waals surface area contributed by atoms with Crippen LogP contribution < -0.4 is 10.6 Å². The fourth-order valence-electron chi connectivity index (χ4n) is 3.05. The zero-order chi connectivity index (χ0) is 22.1.